The second-order valence-electron chi connectivity index (χ2n) is 9.09. The third-order valence-electron chi connectivity index (χ3n) is 7.32. The quantitative estimate of drug-likeness (QED) is 0.491. The molecular formula is C27H28N2O7. The molecule has 0 amide bonds. The monoisotopic (exact) mass is 492 g/mol. The molecule has 2 saturated heterocycles. The normalized spacial score (nSPS) is 18.4. The van der Waals surface area contributed by atoms with Crippen LogP contribution in [0.25, 0.3) is 21.9 Å². The van der Waals surface area contributed by atoms with E-state index in [2.05, 4.69) is 4.90 Å². The molecule has 0 radical (unpaired) electrons. The fourth-order valence-corrected chi connectivity index (χ4v) is 5.53. The zero-order chi connectivity index (χ0) is 24.9. The van der Waals surface area contributed by atoms with Crippen molar-refractivity contribution in [1.29, 1.82) is 0 Å². The molecule has 6 rings (SSSR count). The highest BCUT2D eigenvalue weighted by Gasteiger charge is 2.40. The van der Waals surface area contributed by atoms with Crippen LogP contribution in [0.1, 0.15) is 28.8 Å². The van der Waals surface area contributed by atoms with Crippen LogP contribution >= 0.6 is 0 Å². The summed E-state index contributed by atoms with van der Waals surface area (Å²) < 4.78 is 33.9. The zero-order valence-corrected chi connectivity index (χ0v) is 20.6. The molecule has 188 valence electrons. The first-order valence-corrected chi connectivity index (χ1v) is 12.0. The molecule has 3 aliphatic heterocycles. The van der Waals surface area contributed by atoms with Crippen molar-refractivity contribution in [2.45, 2.75) is 25.2 Å². The zero-order valence-electron chi connectivity index (χ0n) is 20.6. The minimum Gasteiger partial charge on any atom is -0.495 e. The van der Waals surface area contributed by atoms with Crippen molar-refractivity contribution < 1.29 is 33.2 Å². The number of cyclic esters (lactones) is 1. The molecular weight excluding hydrogens is 464 g/mol. The van der Waals surface area contributed by atoms with Gasteiger partial charge in [0.05, 0.1) is 34.5 Å². The fourth-order valence-electron chi connectivity index (χ4n) is 5.53. The van der Waals surface area contributed by atoms with E-state index in [-0.39, 0.29) is 6.61 Å². The number of aromatic nitrogens is 1. The van der Waals surface area contributed by atoms with E-state index < -0.39 is 11.8 Å². The van der Waals surface area contributed by atoms with Gasteiger partial charge in [-0.15, -0.1) is 0 Å². The Hall–Kier alpha value is -3.56. The van der Waals surface area contributed by atoms with E-state index in [1.807, 2.05) is 30.5 Å². The number of nitrogens with zero attached hydrogens (tertiary/aromatic N) is 2. The van der Waals surface area contributed by atoms with Gasteiger partial charge in [0.25, 0.3) is 0 Å². The van der Waals surface area contributed by atoms with Gasteiger partial charge in [-0.2, -0.15) is 0 Å². The van der Waals surface area contributed by atoms with Gasteiger partial charge >= 0.3 is 5.97 Å². The van der Waals surface area contributed by atoms with E-state index in [4.69, 9.17) is 33.4 Å². The molecule has 0 saturated carbocycles. The fraction of sp³-hybridized carbons (Fsp3) is 0.407. The smallest absolute Gasteiger partial charge is 0.342 e. The van der Waals surface area contributed by atoms with E-state index in [0.717, 1.165) is 59.2 Å². The summed E-state index contributed by atoms with van der Waals surface area (Å²) in [6, 6.07) is 7.80. The summed E-state index contributed by atoms with van der Waals surface area (Å²) in [4.78, 5) is 19.8. The van der Waals surface area contributed by atoms with Crippen molar-refractivity contribution in [3.8, 4) is 28.4 Å². The number of piperidine rings is 1. The van der Waals surface area contributed by atoms with Crippen molar-refractivity contribution in [3.63, 3.8) is 0 Å². The predicted octanol–water partition coefficient (Wildman–Crippen LogP) is 3.94. The highest BCUT2D eigenvalue weighted by Crippen LogP contribution is 2.47. The number of esters is 1. The minimum absolute atomic E-state index is 0.167. The Morgan fingerprint density at radius 3 is 2.22 bits per heavy atom. The molecule has 0 unspecified atom stereocenters. The number of carbonyl (C=O) groups excluding carboxylic acids is 1. The number of pyridine rings is 1. The summed E-state index contributed by atoms with van der Waals surface area (Å²) in [5.41, 5.74) is 2.97. The molecule has 1 spiro atoms. The van der Waals surface area contributed by atoms with E-state index >= 15 is 0 Å². The molecule has 3 aliphatic rings. The summed E-state index contributed by atoms with van der Waals surface area (Å²) >= 11 is 0. The molecule has 0 atom stereocenters. The van der Waals surface area contributed by atoms with Gasteiger partial charge < -0.3 is 33.3 Å². The molecule has 4 heterocycles. The van der Waals surface area contributed by atoms with Crippen LogP contribution in [0.15, 0.2) is 30.5 Å². The maximum atomic E-state index is 12.7. The van der Waals surface area contributed by atoms with Crippen LogP contribution in [-0.4, -0.2) is 64.4 Å². The van der Waals surface area contributed by atoms with E-state index in [9.17, 15) is 4.79 Å². The molecule has 36 heavy (non-hydrogen) atoms. The topological polar surface area (TPSA) is 88.6 Å². The number of fused-ring (bicyclic) bond motifs is 2. The lowest BCUT2D eigenvalue weighted by molar-refractivity contribution is -0.169. The lowest BCUT2D eigenvalue weighted by Crippen LogP contribution is -2.45. The molecule has 2 aromatic carbocycles. The number of rotatable bonds is 5. The lowest BCUT2D eigenvalue weighted by atomic mass is 9.90. The van der Waals surface area contributed by atoms with Gasteiger partial charge in [-0.05, 0) is 35.2 Å². The number of methoxy groups -OCH3 is 3. The SMILES string of the molecule is COc1cc2c(OC)c3c(c(-c4ccc(N5CCC6(CC5)OCCO6)nc4)c2cc1OC)COC3=O. The van der Waals surface area contributed by atoms with Crippen molar-refractivity contribution in [1.82, 2.24) is 4.98 Å². The maximum Gasteiger partial charge on any atom is 0.342 e. The van der Waals surface area contributed by atoms with Crippen LogP contribution in [0, 0.1) is 0 Å². The first-order chi connectivity index (χ1) is 17.6. The third-order valence-corrected chi connectivity index (χ3v) is 7.32. The van der Waals surface area contributed by atoms with Crippen molar-refractivity contribution in [2.75, 3.05) is 52.5 Å². The molecule has 0 bridgehead atoms. The first-order valence-electron chi connectivity index (χ1n) is 12.0. The molecule has 0 N–H and O–H groups in total. The standard InChI is InChI=1S/C27H28N2O7/c1-31-20-12-17-18(13-21(20)32-2)25(33-3)24-19(15-34-26(24)30)23(17)16-4-5-22(28-14-16)29-8-6-27(7-9-29)35-10-11-36-27/h4-5,12-14H,6-11,15H2,1-3H3. The number of anilines is 1. The van der Waals surface area contributed by atoms with Crippen LogP contribution in [0.3, 0.4) is 0 Å². The Morgan fingerprint density at radius 2 is 1.61 bits per heavy atom. The predicted molar refractivity (Wildman–Crippen MR) is 132 cm³/mol. The third kappa shape index (κ3) is 3.53. The Bertz CT molecular complexity index is 1320. The Labute approximate surface area is 208 Å². The van der Waals surface area contributed by atoms with E-state index in [1.54, 1.807) is 21.3 Å². The number of hydrogen-bond acceptors (Lipinski definition) is 9. The summed E-state index contributed by atoms with van der Waals surface area (Å²) in [6.07, 6.45) is 3.48. The average molecular weight is 493 g/mol. The lowest BCUT2D eigenvalue weighted by Gasteiger charge is -2.38. The van der Waals surface area contributed by atoms with Gasteiger partial charge in [-0.1, -0.05) is 0 Å². The number of benzene rings is 2. The number of carbonyl (C=O) groups is 1. The Balaban J connectivity index is 1.43. The molecule has 2 fully saturated rings. The Morgan fingerprint density at radius 1 is 0.917 bits per heavy atom. The minimum atomic E-state index is -0.425. The highest BCUT2D eigenvalue weighted by molar-refractivity contribution is 6.12. The van der Waals surface area contributed by atoms with Gasteiger partial charge in [-0.3, -0.25) is 0 Å². The van der Waals surface area contributed by atoms with E-state index in [1.165, 1.54) is 0 Å². The van der Waals surface area contributed by atoms with Crippen LogP contribution in [-0.2, 0) is 20.8 Å². The van der Waals surface area contributed by atoms with E-state index in [0.29, 0.717) is 36.0 Å². The summed E-state index contributed by atoms with van der Waals surface area (Å²) in [7, 11) is 4.73. The number of ether oxygens (including phenoxy) is 6. The highest BCUT2D eigenvalue weighted by atomic mass is 16.7. The molecule has 9 heteroatoms. The van der Waals surface area contributed by atoms with Crippen molar-refractivity contribution >= 4 is 22.6 Å². The maximum absolute atomic E-state index is 12.7. The molecule has 9 nitrogen and oxygen atoms in total. The van der Waals surface area contributed by atoms with Crippen molar-refractivity contribution in [2.24, 2.45) is 0 Å². The van der Waals surface area contributed by atoms with Gasteiger partial charge in [-0.25, -0.2) is 9.78 Å². The first kappa shape index (κ1) is 22.9. The Kier molecular flexibility index (Phi) is 5.61. The molecule has 1 aromatic heterocycles. The van der Waals surface area contributed by atoms with Crippen LogP contribution < -0.4 is 19.1 Å². The number of hydrogen-bond donors (Lipinski definition) is 0. The molecule has 3 aromatic rings. The van der Waals surface area contributed by atoms with Crippen LogP contribution in [0.4, 0.5) is 5.82 Å². The van der Waals surface area contributed by atoms with Crippen LogP contribution in [0.2, 0.25) is 0 Å². The van der Waals surface area contributed by atoms with Gasteiger partial charge in [0, 0.05) is 48.6 Å². The summed E-state index contributed by atoms with van der Waals surface area (Å²) in [6.45, 7) is 3.12. The second-order valence-corrected chi connectivity index (χ2v) is 9.09. The summed E-state index contributed by atoms with van der Waals surface area (Å²) in [5, 5.41) is 1.61. The van der Waals surface area contributed by atoms with Crippen molar-refractivity contribution in [3.05, 3.63) is 41.6 Å². The molecule has 0 aliphatic carbocycles. The summed E-state index contributed by atoms with van der Waals surface area (Å²) in [5.74, 6) is 1.67. The van der Waals surface area contributed by atoms with Gasteiger partial charge in [0.15, 0.2) is 17.3 Å². The van der Waals surface area contributed by atoms with Crippen LogP contribution in [0.5, 0.6) is 17.2 Å². The van der Waals surface area contributed by atoms with Gasteiger partial charge in [0.2, 0.25) is 0 Å². The average Bonchev–Trinajstić information content (AvgIpc) is 3.53. The second kappa shape index (κ2) is 8.83. The van der Waals surface area contributed by atoms with Gasteiger partial charge in [0.1, 0.15) is 23.7 Å². The largest absolute Gasteiger partial charge is 0.495 e.